The number of carbonyl (C=O) groups excluding carboxylic acids is 1. The third-order valence-electron chi connectivity index (χ3n) is 1.40. The molecule has 0 spiro atoms. The standard InChI is InChI=1S/C8H3BrF4O2/c9-5-1-4(3-14)6(10)2-7(5)15-8(11,12)13/h1-3H. The molecule has 0 unspecified atom stereocenters. The van der Waals surface area contributed by atoms with Gasteiger partial charge in [0.05, 0.1) is 10.0 Å². The van der Waals surface area contributed by atoms with Crippen LogP contribution in [0, 0.1) is 5.82 Å². The van der Waals surface area contributed by atoms with E-state index in [2.05, 4.69) is 20.7 Å². The summed E-state index contributed by atoms with van der Waals surface area (Å²) in [5, 5.41) is 0. The number of hydrogen-bond donors (Lipinski definition) is 0. The summed E-state index contributed by atoms with van der Waals surface area (Å²) in [6.45, 7) is 0. The van der Waals surface area contributed by atoms with E-state index in [1.165, 1.54) is 0 Å². The first-order chi connectivity index (χ1) is 6.83. The van der Waals surface area contributed by atoms with Crippen LogP contribution in [0.15, 0.2) is 16.6 Å². The van der Waals surface area contributed by atoms with E-state index in [4.69, 9.17) is 0 Å². The van der Waals surface area contributed by atoms with E-state index in [-0.39, 0.29) is 16.3 Å². The van der Waals surface area contributed by atoms with Crippen LogP contribution in [-0.4, -0.2) is 12.6 Å². The highest BCUT2D eigenvalue weighted by Gasteiger charge is 2.32. The number of aldehydes is 1. The number of benzene rings is 1. The van der Waals surface area contributed by atoms with E-state index in [1.807, 2.05) is 0 Å². The average Bonchev–Trinajstić information content (AvgIpc) is 2.08. The molecule has 82 valence electrons. The van der Waals surface area contributed by atoms with Crippen LogP contribution in [0.3, 0.4) is 0 Å². The van der Waals surface area contributed by atoms with E-state index in [0.29, 0.717) is 6.07 Å². The van der Waals surface area contributed by atoms with Crippen LogP contribution in [0.4, 0.5) is 17.6 Å². The second-order valence-corrected chi connectivity index (χ2v) is 3.32. The first-order valence-corrected chi connectivity index (χ1v) is 4.33. The smallest absolute Gasteiger partial charge is 0.404 e. The minimum absolute atomic E-state index is 0.150. The summed E-state index contributed by atoms with van der Waals surface area (Å²) in [6.07, 6.45) is -4.71. The van der Waals surface area contributed by atoms with Crippen LogP contribution >= 0.6 is 15.9 Å². The monoisotopic (exact) mass is 286 g/mol. The molecule has 15 heavy (non-hydrogen) atoms. The Labute approximate surface area is 90.0 Å². The van der Waals surface area contributed by atoms with Gasteiger partial charge in [-0.3, -0.25) is 4.79 Å². The molecule has 0 aliphatic rings. The van der Waals surface area contributed by atoms with Crippen LogP contribution in [-0.2, 0) is 0 Å². The summed E-state index contributed by atoms with van der Waals surface area (Å²) in [5.41, 5.74) is -0.351. The molecule has 0 bridgehead atoms. The quantitative estimate of drug-likeness (QED) is 0.616. The molecule has 0 aliphatic carbocycles. The first kappa shape index (κ1) is 12.0. The van der Waals surface area contributed by atoms with Gasteiger partial charge in [-0.2, -0.15) is 0 Å². The summed E-state index contributed by atoms with van der Waals surface area (Å²) >= 11 is 2.72. The second kappa shape index (κ2) is 4.18. The lowest BCUT2D eigenvalue weighted by molar-refractivity contribution is -0.275. The van der Waals surface area contributed by atoms with E-state index in [9.17, 15) is 22.4 Å². The Bertz CT molecular complexity index is 389. The molecular formula is C8H3BrF4O2. The van der Waals surface area contributed by atoms with Crippen molar-refractivity contribution in [1.82, 2.24) is 0 Å². The summed E-state index contributed by atoms with van der Waals surface area (Å²) in [4.78, 5) is 10.3. The van der Waals surface area contributed by atoms with Gasteiger partial charge in [-0.15, -0.1) is 13.2 Å². The van der Waals surface area contributed by atoms with Gasteiger partial charge in [-0.1, -0.05) is 0 Å². The van der Waals surface area contributed by atoms with Gasteiger partial charge in [-0.05, 0) is 22.0 Å². The van der Waals surface area contributed by atoms with Gasteiger partial charge < -0.3 is 4.74 Å². The van der Waals surface area contributed by atoms with E-state index in [1.54, 1.807) is 0 Å². The Hall–Kier alpha value is -1.11. The van der Waals surface area contributed by atoms with Crippen molar-refractivity contribution in [2.75, 3.05) is 0 Å². The molecule has 0 saturated carbocycles. The summed E-state index contributed by atoms with van der Waals surface area (Å²) < 4.78 is 51.7. The maximum Gasteiger partial charge on any atom is 0.573 e. The zero-order chi connectivity index (χ0) is 11.6. The largest absolute Gasteiger partial charge is 0.573 e. The number of rotatable bonds is 2. The molecule has 0 aromatic heterocycles. The number of hydrogen-bond acceptors (Lipinski definition) is 2. The van der Waals surface area contributed by atoms with Gasteiger partial charge >= 0.3 is 6.36 Å². The van der Waals surface area contributed by atoms with Crippen molar-refractivity contribution < 1.29 is 27.1 Å². The molecule has 1 aromatic rings. The maximum atomic E-state index is 12.9. The van der Waals surface area contributed by atoms with Crippen molar-refractivity contribution in [3.8, 4) is 5.75 Å². The maximum absolute atomic E-state index is 12.9. The Morgan fingerprint density at radius 3 is 2.40 bits per heavy atom. The fourth-order valence-electron chi connectivity index (χ4n) is 0.837. The van der Waals surface area contributed by atoms with Crippen molar-refractivity contribution in [1.29, 1.82) is 0 Å². The molecule has 0 saturated heterocycles. The molecule has 0 aliphatic heterocycles. The van der Waals surface area contributed by atoms with Crippen LogP contribution in [0.2, 0.25) is 0 Å². The summed E-state index contributed by atoms with van der Waals surface area (Å²) in [6, 6.07) is 1.39. The first-order valence-electron chi connectivity index (χ1n) is 3.53. The normalized spacial score (nSPS) is 11.3. The second-order valence-electron chi connectivity index (χ2n) is 2.47. The molecule has 0 heterocycles. The third kappa shape index (κ3) is 3.19. The van der Waals surface area contributed by atoms with Crippen molar-refractivity contribution in [2.45, 2.75) is 6.36 Å². The molecular weight excluding hydrogens is 284 g/mol. The number of halogens is 5. The van der Waals surface area contributed by atoms with E-state index in [0.717, 1.165) is 6.07 Å². The fourth-order valence-corrected chi connectivity index (χ4v) is 1.28. The zero-order valence-electron chi connectivity index (χ0n) is 6.94. The van der Waals surface area contributed by atoms with Gasteiger partial charge in [-0.25, -0.2) is 4.39 Å². The Balaban J connectivity index is 3.11. The molecule has 0 atom stereocenters. The van der Waals surface area contributed by atoms with Crippen LogP contribution in [0.5, 0.6) is 5.75 Å². The lowest BCUT2D eigenvalue weighted by atomic mass is 10.2. The Kier molecular flexibility index (Phi) is 3.33. The summed E-state index contributed by atoms with van der Waals surface area (Å²) in [7, 11) is 0. The van der Waals surface area contributed by atoms with Crippen LogP contribution in [0.25, 0.3) is 0 Å². The Morgan fingerprint density at radius 2 is 1.93 bits per heavy atom. The van der Waals surface area contributed by atoms with E-state index >= 15 is 0 Å². The number of ether oxygens (including phenoxy) is 1. The van der Waals surface area contributed by atoms with E-state index < -0.39 is 17.9 Å². The zero-order valence-corrected chi connectivity index (χ0v) is 8.52. The summed E-state index contributed by atoms with van der Waals surface area (Å²) in [5.74, 6) is -1.81. The van der Waals surface area contributed by atoms with Gasteiger partial charge in [0.25, 0.3) is 0 Å². The highest BCUT2D eigenvalue weighted by Crippen LogP contribution is 2.32. The van der Waals surface area contributed by atoms with Gasteiger partial charge in [0.2, 0.25) is 0 Å². The highest BCUT2D eigenvalue weighted by atomic mass is 79.9. The third-order valence-corrected chi connectivity index (χ3v) is 2.02. The molecule has 0 fully saturated rings. The van der Waals surface area contributed by atoms with Gasteiger partial charge in [0.15, 0.2) is 6.29 Å². The SMILES string of the molecule is O=Cc1cc(Br)c(OC(F)(F)F)cc1F. The predicted octanol–water partition coefficient (Wildman–Crippen LogP) is 3.30. The number of alkyl halides is 3. The minimum Gasteiger partial charge on any atom is -0.404 e. The molecule has 1 aromatic carbocycles. The van der Waals surface area contributed by atoms with Crippen LogP contribution < -0.4 is 4.74 Å². The topological polar surface area (TPSA) is 26.3 Å². The fraction of sp³-hybridized carbons (Fsp3) is 0.125. The van der Waals surface area contributed by atoms with Gasteiger partial charge in [0.1, 0.15) is 11.6 Å². The van der Waals surface area contributed by atoms with Crippen molar-refractivity contribution in [3.05, 3.63) is 28.0 Å². The Morgan fingerprint density at radius 1 is 1.33 bits per heavy atom. The molecule has 2 nitrogen and oxygen atoms in total. The molecule has 7 heteroatoms. The van der Waals surface area contributed by atoms with Crippen molar-refractivity contribution >= 4 is 22.2 Å². The highest BCUT2D eigenvalue weighted by molar-refractivity contribution is 9.10. The predicted molar refractivity (Wildman–Crippen MR) is 46.2 cm³/mol. The lowest BCUT2D eigenvalue weighted by Crippen LogP contribution is -2.17. The van der Waals surface area contributed by atoms with Gasteiger partial charge in [0, 0.05) is 6.07 Å². The molecule has 0 N–H and O–H groups in total. The van der Waals surface area contributed by atoms with Crippen molar-refractivity contribution in [3.63, 3.8) is 0 Å². The molecule has 1 rings (SSSR count). The minimum atomic E-state index is -4.91. The van der Waals surface area contributed by atoms with Crippen molar-refractivity contribution in [2.24, 2.45) is 0 Å². The lowest BCUT2D eigenvalue weighted by Gasteiger charge is -2.10. The average molecular weight is 287 g/mol. The number of carbonyl (C=O) groups is 1. The molecule has 0 amide bonds. The molecule has 0 radical (unpaired) electrons. The van der Waals surface area contributed by atoms with Crippen LogP contribution in [0.1, 0.15) is 10.4 Å².